The molecule has 0 saturated carbocycles. The first-order valence-electron chi connectivity index (χ1n) is 9.01. The number of hydrogen-bond acceptors (Lipinski definition) is 3. The normalized spacial score (nSPS) is 13.7. The van der Waals surface area contributed by atoms with Crippen molar-refractivity contribution in [1.82, 2.24) is 4.98 Å². The lowest BCUT2D eigenvalue weighted by molar-refractivity contribution is -0.116. The van der Waals surface area contributed by atoms with E-state index in [0.29, 0.717) is 5.75 Å². The number of rotatable bonds is 3. The maximum atomic E-state index is 12.9. The van der Waals surface area contributed by atoms with Gasteiger partial charge in [-0.2, -0.15) is 0 Å². The van der Waals surface area contributed by atoms with Crippen molar-refractivity contribution in [3.8, 4) is 0 Å². The maximum absolute atomic E-state index is 12.9. The number of para-hydroxylation sites is 2. The minimum Gasteiger partial charge on any atom is -0.311 e. The zero-order valence-electron chi connectivity index (χ0n) is 15.2. The number of fused-ring (bicyclic) bond motifs is 2. The fourth-order valence-electron chi connectivity index (χ4n) is 3.58. The summed E-state index contributed by atoms with van der Waals surface area (Å²) in [6.45, 7) is 4.95. The Kier molecular flexibility index (Phi) is 4.68. The number of aromatic nitrogens is 1. The number of benzene rings is 2. The molecule has 0 aliphatic carbocycles. The predicted molar refractivity (Wildman–Crippen MR) is 109 cm³/mol. The molecule has 1 amide bonds. The second-order valence-corrected chi connectivity index (χ2v) is 7.79. The first-order chi connectivity index (χ1) is 12.6. The van der Waals surface area contributed by atoms with Gasteiger partial charge in [0.1, 0.15) is 5.03 Å². The molecule has 1 aliphatic rings. The standard InChI is InChI=1S/C22H22N2OS/c1-15-7-5-9-18-13-16(2)22(23-21(15)18)26-14-20(25)24-12-6-10-17-8-3-4-11-19(17)24/h3-5,7-9,11,13H,6,10,12,14H2,1-2H3. The van der Waals surface area contributed by atoms with Crippen LogP contribution in [0.15, 0.2) is 53.6 Å². The molecule has 3 aromatic rings. The third-order valence-electron chi connectivity index (χ3n) is 4.94. The van der Waals surface area contributed by atoms with E-state index in [0.717, 1.165) is 46.6 Å². The number of carbonyl (C=O) groups is 1. The molecule has 2 aromatic carbocycles. The number of carbonyl (C=O) groups excluding carboxylic acids is 1. The smallest absolute Gasteiger partial charge is 0.237 e. The SMILES string of the molecule is Cc1cc2cccc(C)c2nc1SCC(=O)N1CCCc2ccccc21. The third-order valence-corrected chi connectivity index (χ3v) is 6.01. The van der Waals surface area contributed by atoms with Gasteiger partial charge in [-0.1, -0.05) is 48.2 Å². The fraction of sp³-hybridized carbons (Fsp3) is 0.273. The second kappa shape index (κ2) is 7.12. The van der Waals surface area contributed by atoms with Crippen molar-refractivity contribution in [2.75, 3.05) is 17.2 Å². The summed E-state index contributed by atoms with van der Waals surface area (Å²) in [6, 6.07) is 16.6. The first kappa shape index (κ1) is 17.1. The van der Waals surface area contributed by atoms with Gasteiger partial charge in [-0.05, 0) is 55.5 Å². The molecule has 0 spiro atoms. The van der Waals surface area contributed by atoms with Crippen molar-refractivity contribution in [1.29, 1.82) is 0 Å². The number of hydrogen-bond donors (Lipinski definition) is 0. The molecule has 3 nitrogen and oxygen atoms in total. The predicted octanol–water partition coefficient (Wildman–Crippen LogP) is 4.92. The summed E-state index contributed by atoms with van der Waals surface area (Å²) in [5, 5.41) is 2.11. The Labute approximate surface area is 158 Å². The summed E-state index contributed by atoms with van der Waals surface area (Å²) < 4.78 is 0. The van der Waals surface area contributed by atoms with Gasteiger partial charge in [-0.25, -0.2) is 4.98 Å². The summed E-state index contributed by atoms with van der Waals surface area (Å²) in [7, 11) is 0. The zero-order chi connectivity index (χ0) is 18.1. The van der Waals surface area contributed by atoms with E-state index >= 15 is 0 Å². The summed E-state index contributed by atoms with van der Waals surface area (Å²) >= 11 is 1.54. The summed E-state index contributed by atoms with van der Waals surface area (Å²) in [6.07, 6.45) is 2.08. The molecule has 0 saturated heterocycles. The van der Waals surface area contributed by atoms with Crippen molar-refractivity contribution in [2.45, 2.75) is 31.7 Å². The topological polar surface area (TPSA) is 33.2 Å². The van der Waals surface area contributed by atoms with E-state index in [-0.39, 0.29) is 5.91 Å². The maximum Gasteiger partial charge on any atom is 0.237 e. The number of pyridine rings is 1. The number of aryl methyl sites for hydroxylation is 3. The molecule has 0 fully saturated rings. The molecule has 4 heteroatoms. The van der Waals surface area contributed by atoms with Gasteiger partial charge in [-0.3, -0.25) is 4.79 Å². The molecule has 4 rings (SSSR count). The van der Waals surface area contributed by atoms with Gasteiger partial charge in [0.2, 0.25) is 5.91 Å². The zero-order valence-corrected chi connectivity index (χ0v) is 16.0. The summed E-state index contributed by atoms with van der Waals surface area (Å²) in [5.41, 5.74) is 5.66. The van der Waals surface area contributed by atoms with Crippen LogP contribution in [0.4, 0.5) is 5.69 Å². The average Bonchev–Trinajstić information content (AvgIpc) is 2.66. The quantitative estimate of drug-likeness (QED) is 0.620. The molecular weight excluding hydrogens is 340 g/mol. The molecular formula is C22H22N2OS. The molecule has 26 heavy (non-hydrogen) atoms. The Hall–Kier alpha value is -2.33. The van der Waals surface area contributed by atoms with Crippen LogP contribution in [-0.2, 0) is 11.2 Å². The van der Waals surface area contributed by atoms with Gasteiger partial charge in [-0.15, -0.1) is 0 Å². The fourth-order valence-corrected chi connectivity index (χ4v) is 4.44. The minimum absolute atomic E-state index is 0.160. The van der Waals surface area contributed by atoms with Crippen molar-refractivity contribution in [3.05, 3.63) is 65.2 Å². The average molecular weight is 362 g/mol. The first-order valence-corrected chi connectivity index (χ1v) is 10.00. The van der Waals surface area contributed by atoms with Gasteiger partial charge >= 0.3 is 0 Å². The number of thioether (sulfide) groups is 1. The van der Waals surface area contributed by atoms with Crippen LogP contribution in [0.1, 0.15) is 23.1 Å². The Morgan fingerprint density at radius 1 is 1.12 bits per heavy atom. The van der Waals surface area contributed by atoms with Crippen molar-refractivity contribution < 1.29 is 4.79 Å². The lowest BCUT2D eigenvalue weighted by atomic mass is 10.0. The van der Waals surface area contributed by atoms with Gasteiger partial charge in [0, 0.05) is 17.6 Å². The van der Waals surface area contributed by atoms with E-state index < -0.39 is 0 Å². The Balaban J connectivity index is 1.55. The van der Waals surface area contributed by atoms with E-state index in [1.807, 2.05) is 17.0 Å². The highest BCUT2D eigenvalue weighted by Gasteiger charge is 2.22. The van der Waals surface area contributed by atoms with Gasteiger partial charge in [0.05, 0.1) is 11.3 Å². The van der Waals surface area contributed by atoms with Crippen LogP contribution in [0.3, 0.4) is 0 Å². The minimum atomic E-state index is 0.160. The Morgan fingerprint density at radius 2 is 1.96 bits per heavy atom. The lowest BCUT2D eigenvalue weighted by Crippen LogP contribution is -2.36. The van der Waals surface area contributed by atoms with Gasteiger partial charge < -0.3 is 4.90 Å². The summed E-state index contributed by atoms with van der Waals surface area (Å²) in [4.78, 5) is 19.6. The van der Waals surface area contributed by atoms with Crippen molar-refractivity contribution >= 4 is 34.3 Å². The molecule has 0 bridgehead atoms. The van der Waals surface area contributed by atoms with Crippen LogP contribution in [0.2, 0.25) is 0 Å². The van der Waals surface area contributed by atoms with Crippen LogP contribution < -0.4 is 4.90 Å². The highest BCUT2D eigenvalue weighted by atomic mass is 32.2. The summed E-state index contributed by atoms with van der Waals surface area (Å²) in [5.74, 6) is 0.577. The van der Waals surface area contributed by atoms with E-state index in [4.69, 9.17) is 4.98 Å². The van der Waals surface area contributed by atoms with Crippen LogP contribution in [0.5, 0.6) is 0 Å². The van der Waals surface area contributed by atoms with Crippen LogP contribution in [0.25, 0.3) is 10.9 Å². The molecule has 1 aliphatic heterocycles. The highest BCUT2D eigenvalue weighted by Crippen LogP contribution is 2.29. The Bertz CT molecular complexity index is 983. The Morgan fingerprint density at radius 3 is 2.85 bits per heavy atom. The van der Waals surface area contributed by atoms with E-state index in [2.05, 4.69) is 50.2 Å². The molecule has 0 unspecified atom stereocenters. The lowest BCUT2D eigenvalue weighted by Gasteiger charge is -2.29. The molecule has 0 radical (unpaired) electrons. The van der Waals surface area contributed by atoms with Crippen molar-refractivity contribution in [3.63, 3.8) is 0 Å². The number of anilines is 1. The highest BCUT2D eigenvalue weighted by molar-refractivity contribution is 8.00. The molecule has 1 aromatic heterocycles. The van der Waals surface area contributed by atoms with Crippen molar-refractivity contribution in [2.24, 2.45) is 0 Å². The number of nitrogens with zero attached hydrogens (tertiary/aromatic N) is 2. The molecule has 0 atom stereocenters. The second-order valence-electron chi connectivity index (χ2n) is 6.82. The van der Waals surface area contributed by atoms with Gasteiger partial charge in [0.15, 0.2) is 0 Å². The van der Waals surface area contributed by atoms with Crippen LogP contribution >= 0.6 is 11.8 Å². The number of amides is 1. The molecule has 132 valence electrons. The van der Waals surface area contributed by atoms with E-state index in [1.54, 1.807) is 11.8 Å². The van der Waals surface area contributed by atoms with E-state index in [9.17, 15) is 4.79 Å². The van der Waals surface area contributed by atoms with E-state index in [1.165, 1.54) is 11.1 Å². The van der Waals surface area contributed by atoms with Crippen LogP contribution in [0, 0.1) is 13.8 Å². The molecule has 0 N–H and O–H groups in total. The molecule has 2 heterocycles. The third kappa shape index (κ3) is 3.21. The monoisotopic (exact) mass is 362 g/mol. The van der Waals surface area contributed by atoms with Gasteiger partial charge in [0.25, 0.3) is 0 Å². The largest absolute Gasteiger partial charge is 0.311 e. The van der Waals surface area contributed by atoms with Crippen LogP contribution in [-0.4, -0.2) is 23.2 Å².